The maximum Gasteiger partial charge on any atom is 0.306 e. The molecule has 1 aliphatic heterocycles. The van der Waals surface area contributed by atoms with Crippen LogP contribution in [0.3, 0.4) is 0 Å². The molecule has 2 aromatic carbocycles. The highest BCUT2D eigenvalue weighted by molar-refractivity contribution is 6.74. The number of allylic oxidation sites excluding steroid dienone is 1. The van der Waals surface area contributed by atoms with Gasteiger partial charge in [0.1, 0.15) is 6.10 Å². The summed E-state index contributed by atoms with van der Waals surface area (Å²) in [6.07, 6.45) is 9.81. The summed E-state index contributed by atoms with van der Waals surface area (Å²) in [5.74, 6) is -0.218. The highest BCUT2D eigenvalue weighted by atomic mass is 28.4. The minimum Gasteiger partial charge on any atom is -0.457 e. The number of hydrogen-bond acceptors (Lipinski definition) is 5. The summed E-state index contributed by atoms with van der Waals surface area (Å²) in [4.78, 5) is 12.9. The topological polar surface area (TPSA) is 54.0 Å². The molecular formula is C33H46O5Si. The van der Waals surface area contributed by atoms with Crippen LogP contribution < -0.4 is 0 Å². The van der Waals surface area contributed by atoms with Crippen molar-refractivity contribution in [3.63, 3.8) is 0 Å². The molecule has 0 unspecified atom stereocenters. The first-order valence-electron chi connectivity index (χ1n) is 14.1. The van der Waals surface area contributed by atoms with Gasteiger partial charge in [-0.3, -0.25) is 4.79 Å². The first-order chi connectivity index (χ1) is 18.6. The van der Waals surface area contributed by atoms with Crippen molar-refractivity contribution in [1.82, 2.24) is 0 Å². The normalized spacial score (nSPS) is 23.1. The third-order valence-electron chi connectivity index (χ3n) is 7.46. The Morgan fingerprint density at radius 3 is 2.10 bits per heavy atom. The number of cyclic esters (lactones) is 1. The number of benzene rings is 2. The Kier molecular flexibility index (Phi) is 12.2. The van der Waals surface area contributed by atoms with Crippen molar-refractivity contribution in [3.05, 3.63) is 96.1 Å². The van der Waals surface area contributed by atoms with Gasteiger partial charge in [-0.05, 0) is 48.5 Å². The molecular weight excluding hydrogens is 504 g/mol. The van der Waals surface area contributed by atoms with Gasteiger partial charge < -0.3 is 18.6 Å². The summed E-state index contributed by atoms with van der Waals surface area (Å²) in [5, 5.41) is 0.0403. The summed E-state index contributed by atoms with van der Waals surface area (Å²) < 4.78 is 25.3. The standard InChI is InChI=1S/C33H46O5Si/c1-33(2,3)39(4,5)37-26-31-30(36-25-28-18-12-9-13-19-28)23-22-29(35-24-27-16-10-8-11-17-27)20-14-6-7-15-21-32(34)38-31/h6,8-14,16-19,22-23,29-31H,7,15,20-21,24-26H2,1-5H3/b14-6-,23-22+/t29-,30+,31-/m1/s1. The van der Waals surface area contributed by atoms with Crippen LogP contribution in [0.25, 0.3) is 0 Å². The van der Waals surface area contributed by atoms with Gasteiger partial charge >= 0.3 is 5.97 Å². The van der Waals surface area contributed by atoms with Crippen LogP contribution in [0.2, 0.25) is 18.1 Å². The Bertz CT molecular complexity index is 1040. The third-order valence-corrected chi connectivity index (χ3v) is 12.0. The van der Waals surface area contributed by atoms with Crippen LogP contribution in [-0.4, -0.2) is 39.2 Å². The first kappa shape index (κ1) is 31.0. The Hall–Kier alpha value is -2.51. The maximum atomic E-state index is 12.9. The molecule has 1 heterocycles. The van der Waals surface area contributed by atoms with Crippen LogP contribution in [-0.2, 0) is 36.6 Å². The number of carbonyl (C=O) groups excluding carboxylic acids is 1. The fourth-order valence-electron chi connectivity index (χ4n) is 3.91. The molecule has 0 saturated heterocycles. The number of esters is 1. The van der Waals surface area contributed by atoms with Gasteiger partial charge in [0.2, 0.25) is 0 Å². The van der Waals surface area contributed by atoms with E-state index < -0.39 is 20.5 Å². The quantitative estimate of drug-likeness (QED) is 0.181. The molecule has 0 N–H and O–H groups in total. The van der Waals surface area contributed by atoms with E-state index in [1.807, 2.05) is 60.7 Å². The molecule has 3 rings (SSSR count). The van der Waals surface area contributed by atoms with E-state index in [4.69, 9.17) is 18.6 Å². The Morgan fingerprint density at radius 2 is 1.49 bits per heavy atom. The van der Waals surface area contributed by atoms with Gasteiger partial charge in [0.05, 0.1) is 25.9 Å². The van der Waals surface area contributed by atoms with Gasteiger partial charge in [-0.1, -0.05) is 106 Å². The van der Waals surface area contributed by atoms with Gasteiger partial charge in [0.25, 0.3) is 0 Å². The number of ether oxygens (including phenoxy) is 3. The zero-order chi connectivity index (χ0) is 28.1. The van der Waals surface area contributed by atoms with Crippen molar-refractivity contribution in [2.75, 3.05) is 6.61 Å². The van der Waals surface area contributed by atoms with Crippen LogP contribution >= 0.6 is 0 Å². The minimum atomic E-state index is -2.07. The van der Waals surface area contributed by atoms with Gasteiger partial charge in [-0.25, -0.2) is 0 Å². The van der Waals surface area contributed by atoms with Crippen molar-refractivity contribution in [1.29, 1.82) is 0 Å². The second-order valence-electron chi connectivity index (χ2n) is 11.7. The lowest BCUT2D eigenvalue weighted by molar-refractivity contribution is -0.158. The van der Waals surface area contributed by atoms with E-state index in [2.05, 4.69) is 58.2 Å². The zero-order valence-corrected chi connectivity index (χ0v) is 25.3. The molecule has 0 spiro atoms. The molecule has 0 amide bonds. The fraction of sp³-hybridized carbons (Fsp3) is 0.485. The molecule has 0 bridgehead atoms. The molecule has 0 aliphatic carbocycles. The van der Waals surface area contributed by atoms with Gasteiger partial charge in [0.15, 0.2) is 14.4 Å². The van der Waals surface area contributed by atoms with E-state index in [1.165, 1.54) is 0 Å². The predicted octanol–water partition coefficient (Wildman–Crippen LogP) is 7.78. The van der Waals surface area contributed by atoms with Crippen LogP contribution in [0.1, 0.15) is 57.6 Å². The predicted molar refractivity (Wildman–Crippen MR) is 160 cm³/mol. The van der Waals surface area contributed by atoms with E-state index in [9.17, 15) is 4.79 Å². The molecule has 6 heteroatoms. The van der Waals surface area contributed by atoms with Crippen LogP contribution in [0, 0.1) is 0 Å². The molecule has 0 radical (unpaired) electrons. The smallest absolute Gasteiger partial charge is 0.306 e. The summed E-state index contributed by atoms with van der Waals surface area (Å²) in [7, 11) is -2.07. The number of hydrogen-bond donors (Lipinski definition) is 0. The Labute approximate surface area is 236 Å². The first-order valence-corrected chi connectivity index (χ1v) is 17.0. The summed E-state index contributed by atoms with van der Waals surface area (Å²) in [6, 6.07) is 20.2. The molecule has 3 atom stereocenters. The fourth-order valence-corrected chi connectivity index (χ4v) is 4.92. The van der Waals surface area contributed by atoms with Gasteiger partial charge in [-0.15, -0.1) is 0 Å². The van der Waals surface area contributed by atoms with Gasteiger partial charge in [-0.2, -0.15) is 0 Å². The van der Waals surface area contributed by atoms with E-state index in [0.29, 0.717) is 26.2 Å². The molecule has 5 nitrogen and oxygen atoms in total. The lowest BCUT2D eigenvalue weighted by Crippen LogP contribution is -2.45. The highest BCUT2D eigenvalue weighted by Crippen LogP contribution is 2.37. The molecule has 0 saturated carbocycles. The lowest BCUT2D eigenvalue weighted by atomic mass is 10.1. The minimum absolute atomic E-state index is 0.0403. The largest absolute Gasteiger partial charge is 0.457 e. The summed E-state index contributed by atoms with van der Waals surface area (Å²) >= 11 is 0. The van der Waals surface area contributed by atoms with E-state index >= 15 is 0 Å². The molecule has 39 heavy (non-hydrogen) atoms. The second-order valence-corrected chi connectivity index (χ2v) is 16.5. The van der Waals surface area contributed by atoms with Gasteiger partial charge in [0, 0.05) is 6.42 Å². The monoisotopic (exact) mass is 550 g/mol. The third kappa shape index (κ3) is 10.9. The molecule has 212 valence electrons. The van der Waals surface area contributed by atoms with Crippen LogP contribution in [0.5, 0.6) is 0 Å². The van der Waals surface area contributed by atoms with E-state index in [1.54, 1.807) is 0 Å². The van der Waals surface area contributed by atoms with Crippen molar-refractivity contribution < 1.29 is 23.4 Å². The van der Waals surface area contributed by atoms with Crippen LogP contribution in [0.4, 0.5) is 0 Å². The van der Waals surface area contributed by atoms with Crippen molar-refractivity contribution in [2.24, 2.45) is 0 Å². The highest BCUT2D eigenvalue weighted by Gasteiger charge is 2.39. The second kappa shape index (κ2) is 15.3. The molecule has 0 aromatic heterocycles. The van der Waals surface area contributed by atoms with E-state index in [-0.39, 0.29) is 17.1 Å². The van der Waals surface area contributed by atoms with Crippen LogP contribution in [0.15, 0.2) is 85.0 Å². The Morgan fingerprint density at radius 1 is 0.872 bits per heavy atom. The van der Waals surface area contributed by atoms with Crippen molar-refractivity contribution >= 4 is 14.3 Å². The SMILES string of the molecule is CC(C)(C)[Si](C)(C)OC[C@H]1OC(=O)CCC/C=C\C[C@@H](OCc2ccccc2)/C=C/[C@@H]1OCc1ccccc1. The van der Waals surface area contributed by atoms with Crippen molar-refractivity contribution in [2.45, 2.75) is 96.1 Å². The number of rotatable bonds is 9. The van der Waals surface area contributed by atoms with E-state index in [0.717, 1.165) is 30.4 Å². The number of carbonyl (C=O) groups is 1. The molecule has 1 aliphatic rings. The van der Waals surface area contributed by atoms with Crippen molar-refractivity contribution in [3.8, 4) is 0 Å². The maximum absolute atomic E-state index is 12.9. The Balaban J connectivity index is 1.85. The average molecular weight is 551 g/mol. The zero-order valence-electron chi connectivity index (χ0n) is 24.3. The summed E-state index contributed by atoms with van der Waals surface area (Å²) in [5.41, 5.74) is 2.19. The summed E-state index contributed by atoms with van der Waals surface area (Å²) in [6.45, 7) is 12.3. The average Bonchev–Trinajstić information content (AvgIpc) is 2.92. The lowest BCUT2D eigenvalue weighted by Gasteiger charge is -2.38. The molecule has 2 aromatic rings. The molecule has 0 fully saturated rings.